The summed E-state index contributed by atoms with van der Waals surface area (Å²) in [4.78, 5) is 57.4. The summed E-state index contributed by atoms with van der Waals surface area (Å²) in [6.45, 7) is 2.69. The van der Waals surface area contributed by atoms with E-state index in [1.54, 1.807) is 110 Å². The van der Waals surface area contributed by atoms with Crippen LogP contribution in [0, 0.1) is 53.1 Å². The molecule has 10 rings (SSSR count). The second-order valence-electron chi connectivity index (χ2n) is 21.2. The fraction of sp³-hybridized carbons (Fsp3) is 0.240. The summed E-state index contributed by atoms with van der Waals surface area (Å²) in [6, 6.07) is 43.9. The zero-order chi connectivity index (χ0) is 70.4. The van der Waals surface area contributed by atoms with E-state index in [2.05, 4.69) is 48.1 Å². The number of carbonyl (C=O) groups is 3. The van der Waals surface area contributed by atoms with Gasteiger partial charge in [-0.05, 0) is 149 Å². The van der Waals surface area contributed by atoms with Crippen LogP contribution in [-0.4, -0.2) is 103 Å². The smallest absolute Gasteiger partial charge is 0.358 e. The van der Waals surface area contributed by atoms with Gasteiger partial charge >= 0.3 is 17.9 Å². The maximum absolute atomic E-state index is 13.2. The Morgan fingerprint density at radius 2 is 0.559 bits per heavy atom. The maximum Gasteiger partial charge on any atom is 0.358 e. The van der Waals surface area contributed by atoms with Crippen LogP contribution >= 0.6 is 0 Å². The molecule has 0 atom stereocenters. The number of carboxylic acids is 3. The van der Waals surface area contributed by atoms with Gasteiger partial charge in [0.25, 0.3) is 0 Å². The first-order valence-electron chi connectivity index (χ1n) is 31.4. The zero-order valence-corrected chi connectivity index (χ0v) is 61.3. The van der Waals surface area contributed by atoms with Crippen LogP contribution in [0.15, 0.2) is 183 Å². The molecule has 3 N–H and O–H groups in total. The van der Waals surface area contributed by atoms with E-state index in [-0.39, 0.29) is 114 Å². The fourth-order valence-corrected chi connectivity index (χ4v) is 9.04. The van der Waals surface area contributed by atoms with Gasteiger partial charge in [0.05, 0.1) is 39.6 Å². The Balaban J connectivity index is 0.000000387. The van der Waals surface area contributed by atoms with Crippen LogP contribution in [0.4, 0.5) is 26.3 Å². The van der Waals surface area contributed by atoms with Crippen molar-refractivity contribution in [3.05, 3.63) is 253 Å². The summed E-state index contributed by atoms with van der Waals surface area (Å²) in [6.07, 6.45) is 19.1. The number of nitrogens with zero attached hydrogens (tertiary/aromatic N) is 6. The average molecular weight is 1950 g/mol. The Morgan fingerprint density at radius 3 is 0.784 bits per heavy atom. The van der Waals surface area contributed by atoms with Gasteiger partial charge in [-0.15, -0.1) is 36.4 Å². The van der Waals surface area contributed by atoms with E-state index >= 15 is 0 Å². The van der Waals surface area contributed by atoms with Crippen molar-refractivity contribution < 1.29 is 148 Å². The van der Waals surface area contributed by atoms with Crippen LogP contribution in [-0.2, 0) is 63.2 Å². The van der Waals surface area contributed by atoms with Crippen LogP contribution < -0.4 is 28.4 Å². The number of benzene rings is 4. The molecule has 546 valence electrons. The predicted octanol–water partition coefficient (Wildman–Crippen LogP) is 16.5. The number of rotatable bonds is 33. The van der Waals surface area contributed by atoms with E-state index in [9.17, 15) is 56.0 Å². The Labute approximate surface area is 629 Å². The number of pyridine rings is 6. The zero-order valence-electron chi connectivity index (χ0n) is 54.5. The Hall–Kier alpha value is -9.37. The molecule has 0 fully saturated rings. The largest absolute Gasteiger partial charge is 0.493 e. The second kappa shape index (κ2) is 47.7. The standard InChI is InChI=1S/C42H51N3O12.3C11H6F2N.3Pt/c46-40(47)37-34(16-13-19-43-37)55-25-10-4-1-7-22-52-31-28-32(53-23-8-2-5-11-26-56-35-17-14-20-44-38(35)41(48)49)30-33(29-31)54-24-9-3-6-12-27-57-36-18-15-21-45-39(36)42(50)51;3*12-8-4-5-9(10(13)7-8)11-3-1-2-6-14-11;;;/h13-21,28-30H,1-12,22-27H2,(H,46,47)(H,48,49)(H,50,51);3*1-4,6-7H;;;/q;3*-1;;;. The summed E-state index contributed by atoms with van der Waals surface area (Å²) in [5.41, 5.74) is 1.63. The summed E-state index contributed by atoms with van der Waals surface area (Å²) in [7, 11) is 0. The molecule has 0 amide bonds. The van der Waals surface area contributed by atoms with E-state index in [1.807, 2.05) is 18.2 Å². The van der Waals surface area contributed by atoms with Crippen molar-refractivity contribution in [2.75, 3.05) is 39.6 Å². The first kappa shape index (κ1) is 85.0. The van der Waals surface area contributed by atoms with E-state index in [0.29, 0.717) is 74.0 Å². The monoisotopic (exact) mass is 1940 g/mol. The third-order valence-corrected chi connectivity index (χ3v) is 13.8. The molecular weight excluding hydrogens is 1880 g/mol. The van der Waals surface area contributed by atoms with Gasteiger partial charge in [-0.3, -0.25) is 26.3 Å². The Kier molecular flexibility index (Phi) is 39.8. The molecule has 0 saturated carbocycles. The van der Waals surface area contributed by atoms with Crippen molar-refractivity contribution in [3.63, 3.8) is 0 Å². The van der Waals surface area contributed by atoms with E-state index in [1.165, 1.54) is 18.6 Å². The Bertz CT molecular complexity index is 3710. The summed E-state index contributed by atoms with van der Waals surface area (Å²) in [5, 5.41) is 27.8. The number of aromatic carboxylic acids is 3. The fourth-order valence-electron chi connectivity index (χ4n) is 9.04. The second-order valence-corrected chi connectivity index (χ2v) is 21.2. The summed E-state index contributed by atoms with van der Waals surface area (Å²) >= 11 is 0. The quantitative estimate of drug-likeness (QED) is 0.0197. The van der Waals surface area contributed by atoms with E-state index in [4.69, 9.17) is 28.4 Å². The predicted molar refractivity (Wildman–Crippen MR) is 354 cm³/mol. The van der Waals surface area contributed by atoms with Gasteiger partial charge in [-0.2, -0.15) is 0 Å². The van der Waals surface area contributed by atoms with Gasteiger partial charge in [-0.1, -0.05) is 71.3 Å². The molecule has 0 radical (unpaired) electrons. The minimum Gasteiger partial charge on any atom is -0.493 e. The summed E-state index contributed by atoms with van der Waals surface area (Å²) in [5.74, 6) is -4.50. The molecule has 0 bridgehead atoms. The number of unbranched alkanes of at least 4 members (excludes halogenated alkanes) is 9. The third kappa shape index (κ3) is 30.1. The molecule has 102 heavy (non-hydrogen) atoms. The van der Waals surface area contributed by atoms with Crippen molar-refractivity contribution >= 4 is 17.9 Å². The molecule has 0 saturated heterocycles. The van der Waals surface area contributed by atoms with Crippen molar-refractivity contribution in [3.8, 4) is 68.3 Å². The number of hydrogen-bond acceptors (Lipinski definition) is 15. The molecule has 0 aliphatic heterocycles. The van der Waals surface area contributed by atoms with Crippen LogP contribution in [0.25, 0.3) is 33.8 Å². The summed E-state index contributed by atoms with van der Waals surface area (Å²) < 4.78 is 113. The number of aromatic nitrogens is 6. The third-order valence-electron chi connectivity index (χ3n) is 13.8. The first-order valence-corrected chi connectivity index (χ1v) is 31.4. The topological polar surface area (TPSA) is 245 Å². The molecule has 0 aliphatic carbocycles. The van der Waals surface area contributed by atoms with Crippen molar-refractivity contribution in [2.24, 2.45) is 0 Å². The average Bonchev–Trinajstić information content (AvgIpc) is 0.808. The minimum atomic E-state index is -1.12. The molecule has 0 spiro atoms. The van der Waals surface area contributed by atoms with Crippen molar-refractivity contribution in [1.82, 2.24) is 29.9 Å². The van der Waals surface area contributed by atoms with Crippen LogP contribution in [0.3, 0.4) is 0 Å². The molecule has 10 aromatic rings. The number of halogens is 6. The molecule has 18 nitrogen and oxygen atoms in total. The van der Waals surface area contributed by atoms with E-state index < -0.39 is 52.8 Å². The van der Waals surface area contributed by atoms with Crippen LogP contribution in [0.5, 0.6) is 34.5 Å². The first-order chi connectivity index (χ1) is 48.1. The molecular formula is C75H69F6N6O12Pt3-3. The molecule has 6 heterocycles. The van der Waals surface area contributed by atoms with Gasteiger partial charge in [-0.25, -0.2) is 29.3 Å². The molecule has 0 unspecified atom stereocenters. The van der Waals surface area contributed by atoms with Gasteiger partial charge in [0.1, 0.15) is 17.2 Å². The molecule has 0 aliphatic rings. The van der Waals surface area contributed by atoms with Crippen molar-refractivity contribution in [1.29, 1.82) is 0 Å². The van der Waals surface area contributed by atoms with Gasteiger partial charge in [0.2, 0.25) is 0 Å². The minimum absolute atomic E-state index is 0. The SMILES string of the molecule is Fc1c[c-]c(-c2ccccn2)c(F)c1.Fc1c[c-]c(-c2ccccn2)c(F)c1.Fc1c[c-]c(-c2ccccn2)c(F)c1.O=C(O)c1ncccc1OCCCCCCOc1cc(OCCCCCCOc2cccnc2C(=O)O)cc(OCCCCCCOc2cccnc2C(=O)O)c1.[Pt].[Pt].[Pt]. The number of ether oxygens (including phenoxy) is 6. The van der Waals surface area contributed by atoms with Gasteiger partial charge in [0.15, 0.2) is 34.3 Å². The van der Waals surface area contributed by atoms with Crippen LogP contribution in [0.1, 0.15) is 109 Å². The van der Waals surface area contributed by atoms with Gasteiger partial charge < -0.3 is 58.7 Å². The van der Waals surface area contributed by atoms with Crippen molar-refractivity contribution in [2.45, 2.75) is 77.0 Å². The molecule has 6 aromatic heterocycles. The Morgan fingerprint density at radius 1 is 0.314 bits per heavy atom. The number of carboxylic acid groups (broad SMARTS) is 3. The van der Waals surface area contributed by atoms with E-state index in [0.717, 1.165) is 113 Å². The molecule has 27 heteroatoms. The number of hydrogen-bond donors (Lipinski definition) is 3. The normalized spacial score (nSPS) is 10.2. The maximum atomic E-state index is 13.2. The van der Waals surface area contributed by atoms with Crippen LogP contribution in [0.2, 0.25) is 0 Å². The molecule has 4 aromatic carbocycles. The van der Waals surface area contributed by atoms with Gasteiger partial charge in [0, 0.05) is 153 Å².